The first-order valence-electron chi connectivity index (χ1n) is 12.7. The van der Waals surface area contributed by atoms with Crippen molar-refractivity contribution in [1.29, 1.82) is 0 Å². The molecule has 2 aliphatic rings. The largest absolute Gasteiger partial charge is 0.507 e. The molecule has 0 bridgehead atoms. The zero-order valence-corrected chi connectivity index (χ0v) is 21.1. The van der Waals surface area contributed by atoms with Crippen LogP contribution in [0.5, 0.6) is 11.5 Å². The van der Waals surface area contributed by atoms with Crippen LogP contribution in [-0.4, -0.2) is 50.5 Å². The molecular weight excluding hydrogens is 470 g/mol. The van der Waals surface area contributed by atoms with E-state index in [9.17, 15) is 14.7 Å². The maximum absolute atomic E-state index is 13.4. The van der Waals surface area contributed by atoms with Crippen LogP contribution in [0.25, 0.3) is 5.76 Å². The highest BCUT2D eigenvalue weighted by Crippen LogP contribution is 2.41. The number of nitrogens with zero attached hydrogens (tertiary/aromatic N) is 3. The molecule has 3 aromatic rings. The van der Waals surface area contributed by atoms with Gasteiger partial charge in [-0.3, -0.25) is 9.59 Å². The molecule has 1 N–H and O–H groups in total. The number of ketones is 1. The predicted molar refractivity (Wildman–Crippen MR) is 138 cm³/mol. The quantitative estimate of drug-likeness (QED) is 0.264. The lowest BCUT2D eigenvalue weighted by Crippen LogP contribution is -2.31. The van der Waals surface area contributed by atoms with Crippen molar-refractivity contribution in [3.63, 3.8) is 0 Å². The molecule has 0 unspecified atom stereocenters. The van der Waals surface area contributed by atoms with Gasteiger partial charge in [-0.05, 0) is 61.2 Å². The molecule has 2 aliphatic heterocycles. The van der Waals surface area contributed by atoms with Crippen LogP contribution in [0.3, 0.4) is 0 Å². The maximum atomic E-state index is 13.4. The van der Waals surface area contributed by atoms with E-state index in [-0.39, 0.29) is 17.4 Å². The van der Waals surface area contributed by atoms with Crippen molar-refractivity contribution in [3.8, 4) is 11.5 Å². The minimum atomic E-state index is -0.726. The number of hydrogen-bond acceptors (Lipinski definition) is 6. The van der Waals surface area contributed by atoms with Crippen molar-refractivity contribution in [1.82, 2.24) is 14.5 Å². The van der Waals surface area contributed by atoms with E-state index in [2.05, 4.69) is 4.98 Å². The van der Waals surface area contributed by atoms with Crippen LogP contribution < -0.4 is 9.47 Å². The Morgan fingerprint density at radius 3 is 2.84 bits per heavy atom. The smallest absolute Gasteiger partial charge is 0.295 e. The monoisotopic (exact) mass is 501 g/mol. The summed E-state index contributed by atoms with van der Waals surface area (Å²) in [5, 5.41) is 11.4. The van der Waals surface area contributed by atoms with Gasteiger partial charge in [0.2, 0.25) is 0 Å². The number of Topliss-reactive ketones (excluding diaryl/α,β-unsaturated/α-hetero) is 1. The number of aliphatic hydroxyl groups excluding tert-OH is 1. The number of fused-ring (bicyclic) bond motifs is 1. The van der Waals surface area contributed by atoms with Crippen LogP contribution in [0.2, 0.25) is 0 Å². The third-order valence-corrected chi connectivity index (χ3v) is 6.73. The molecule has 0 saturated carbocycles. The third-order valence-electron chi connectivity index (χ3n) is 6.73. The molecule has 3 heterocycles. The number of benzene rings is 2. The molecule has 0 spiro atoms. The van der Waals surface area contributed by atoms with Crippen LogP contribution >= 0.6 is 0 Å². The Hall–Kier alpha value is -4.07. The standard InChI is InChI=1S/C29H31N3O5/c1-3-14-36-23-7-4-6-20(17-23)26-25(27(33)21-8-9-24-22(16-21)15-19(2)37-24)28(34)29(35)32(26)12-5-11-31-13-10-30-18-31/h4,6-10,13,16-19,26,33H,3,5,11-12,14-15H2,1-2H3/b27-25+/t19-,26+/m0/s1. The summed E-state index contributed by atoms with van der Waals surface area (Å²) in [6.45, 7) is 5.58. The van der Waals surface area contributed by atoms with Crippen LogP contribution in [0.1, 0.15) is 49.4 Å². The van der Waals surface area contributed by atoms with Crippen LogP contribution in [0, 0.1) is 0 Å². The number of aromatic nitrogens is 2. The number of ether oxygens (including phenoxy) is 2. The molecule has 8 heteroatoms. The summed E-state index contributed by atoms with van der Waals surface area (Å²) < 4.78 is 13.5. The molecule has 2 aromatic carbocycles. The molecular formula is C29H31N3O5. The molecule has 5 rings (SSSR count). The normalized spacial score (nSPS) is 20.2. The fraction of sp³-hybridized carbons (Fsp3) is 0.345. The van der Waals surface area contributed by atoms with Crippen molar-refractivity contribution in [3.05, 3.63) is 83.4 Å². The van der Waals surface area contributed by atoms with Crippen molar-refractivity contribution >= 4 is 17.4 Å². The van der Waals surface area contributed by atoms with Crippen molar-refractivity contribution in [2.45, 2.75) is 51.8 Å². The third kappa shape index (κ3) is 4.96. The van der Waals surface area contributed by atoms with Crippen LogP contribution in [0.4, 0.5) is 0 Å². The lowest BCUT2D eigenvalue weighted by molar-refractivity contribution is -0.139. The van der Waals surface area contributed by atoms with Gasteiger partial charge in [0.25, 0.3) is 11.7 Å². The molecule has 192 valence electrons. The molecule has 1 saturated heterocycles. The molecule has 2 atom stereocenters. The summed E-state index contributed by atoms with van der Waals surface area (Å²) in [5.74, 6) is -0.0404. The number of imidazole rings is 1. The van der Waals surface area contributed by atoms with Gasteiger partial charge >= 0.3 is 0 Å². The summed E-state index contributed by atoms with van der Waals surface area (Å²) in [5.41, 5.74) is 2.27. The van der Waals surface area contributed by atoms with E-state index in [1.54, 1.807) is 23.5 Å². The van der Waals surface area contributed by atoms with Crippen molar-refractivity contribution in [2.75, 3.05) is 13.2 Å². The van der Waals surface area contributed by atoms with Gasteiger partial charge in [-0.15, -0.1) is 0 Å². The number of carbonyl (C=O) groups excluding carboxylic acids is 2. The number of aryl methyl sites for hydroxylation is 1. The highest BCUT2D eigenvalue weighted by atomic mass is 16.5. The van der Waals surface area contributed by atoms with Gasteiger partial charge in [0.05, 0.1) is 24.5 Å². The highest BCUT2D eigenvalue weighted by molar-refractivity contribution is 6.46. The zero-order valence-electron chi connectivity index (χ0n) is 21.1. The number of carbonyl (C=O) groups is 2. The average Bonchev–Trinajstić information content (AvgIpc) is 3.61. The molecule has 37 heavy (non-hydrogen) atoms. The number of rotatable bonds is 9. The van der Waals surface area contributed by atoms with E-state index in [4.69, 9.17) is 9.47 Å². The Kier molecular flexibility index (Phi) is 6.99. The minimum absolute atomic E-state index is 0.0549. The number of amides is 1. The molecule has 1 fully saturated rings. The predicted octanol–water partition coefficient (Wildman–Crippen LogP) is 4.51. The summed E-state index contributed by atoms with van der Waals surface area (Å²) >= 11 is 0. The van der Waals surface area contributed by atoms with Gasteiger partial charge in [-0.2, -0.15) is 0 Å². The Balaban J connectivity index is 1.53. The Morgan fingerprint density at radius 1 is 1.19 bits per heavy atom. The Morgan fingerprint density at radius 2 is 2.05 bits per heavy atom. The van der Waals surface area contributed by atoms with E-state index >= 15 is 0 Å². The lowest BCUT2D eigenvalue weighted by atomic mass is 9.94. The van der Waals surface area contributed by atoms with Gasteiger partial charge in [0.15, 0.2) is 0 Å². The second kappa shape index (κ2) is 10.5. The number of hydrogen-bond donors (Lipinski definition) is 1. The van der Waals surface area contributed by atoms with Gasteiger partial charge in [0.1, 0.15) is 23.4 Å². The average molecular weight is 502 g/mol. The fourth-order valence-electron chi connectivity index (χ4n) is 5.02. The van der Waals surface area contributed by atoms with Gasteiger partial charge in [0, 0.05) is 37.5 Å². The molecule has 1 aromatic heterocycles. The van der Waals surface area contributed by atoms with E-state index in [1.165, 1.54) is 0 Å². The van der Waals surface area contributed by atoms with Gasteiger partial charge in [-0.1, -0.05) is 19.1 Å². The summed E-state index contributed by atoms with van der Waals surface area (Å²) in [6.07, 6.45) is 7.55. The van der Waals surface area contributed by atoms with Crippen molar-refractivity contribution in [2.24, 2.45) is 0 Å². The first-order chi connectivity index (χ1) is 18.0. The van der Waals surface area contributed by atoms with Crippen LogP contribution in [0.15, 0.2) is 66.8 Å². The fourth-order valence-corrected chi connectivity index (χ4v) is 5.02. The SMILES string of the molecule is CCCOc1cccc([C@@H]2/C(=C(\O)c3ccc4c(c3)C[C@H](C)O4)C(=O)C(=O)N2CCCn2ccnc2)c1. The summed E-state index contributed by atoms with van der Waals surface area (Å²) in [4.78, 5) is 32.3. The molecule has 8 nitrogen and oxygen atoms in total. The zero-order chi connectivity index (χ0) is 25.9. The summed E-state index contributed by atoms with van der Waals surface area (Å²) in [6, 6.07) is 12.1. The maximum Gasteiger partial charge on any atom is 0.295 e. The molecule has 0 aliphatic carbocycles. The molecule has 0 radical (unpaired) electrons. The Bertz CT molecular complexity index is 1330. The van der Waals surface area contributed by atoms with E-state index < -0.39 is 17.7 Å². The first-order valence-corrected chi connectivity index (χ1v) is 12.7. The van der Waals surface area contributed by atoms with E-state index in [0.717, 1.165) is 29.7 Å². The topological polar surface area (TPSA) is 93.9 Å². The number of aliphatic hydroxyl groups is 1. The number of likely N-dealkylation sites (tertiary alicyclic amines) is 1. The Labute approximate surface area is 216 Å². The minimum Gasteiger partial charge on any atom is -0.507 e. The lowest BCUT2D eigenvalue weighted by Gasteiger charge is -2.26. The van der Waals surface area contributed by atoms with Gasteiger partial charge in [-0.25, -0.2) is 4.98 Å². The second-order valence-corrected chi connectivity index (χ2v) is 9.52. The first kappa shape index (κ1) is 24.6. The highest BCUT2D eigenvalue weighted by Gasteiger charge is 2.46. The van der Waals surface area contributed by atoms with Crippen LogP contribution in [-0.2, 0) is 22.6 Å². The second-order valence-electron chi connectivity index (χ2n) is 9.52. The van der Waals surface area contributed by atoms with E-state index in [0.29, 0.717) is 37.4 Å². The van der Waals surface area contributed by atoms with E-state index in [1.807, 2.05) is 61.0 Å². The summed E-state index contributed by atoms with van der Waals surface area (Å²) in [7, 11) is 0. The van der Waals surface area contributed by atoms with Crippen molar-refractivity contribution < 1.29 is 24.2 Å². The molecule has 1 amide bonds. The van der Waals surface area contributed by atoms with Gasteiger partial charge < -0.3 is 24.0 Å².